The van der Waals surface area contributed by atoms with Crippen molar-refractivity contribution in [3.05, 3.63) is 132 Å². The molecule has 0 aliphatic carbocycles. The first-order valence-corrected chi connectivity index (χ1v) is 10.5. The predicted molar refractivity (Wildman–Crippen MR) is 129 cm³/mol. The average Bonchev–Trinajstić information content (AvgIpc) is 2.80. The highest BCUT2D eigenvalue weighted by Gasteiger charge is 2.13. The van der Waals surface area contributed by atoms with E-state index >= 15 is 0 Å². The van der Waals surface area contributed by atoms with E-state index in [-0.39, 0.29) is 0 Å². The first-order chi connectivity index (χ1) is 14.8. The molecule has 0 radical (unpaired) electrons. The summed E-state index contributed by atoms with van der Waals surface area (Å²) in [5.74, 6) is 0. The zero-order valence-electron chi connectivity index (χ0n) is 17.2. The van der Waals surface area contributed by atoms with Crippen molar-refractivity contribution >= 4 is 10.8 Å². The zero-order valence-corrected chi connectivity index (χ0v) is 17.2. The number of hydrogen-bond acceptors (Lipinski definition) is 0. The summed E-state index contributed by atoms with van der Waals surface area (Å²) >= 11 is 0. The molecule has 0 unspecified atom stereocenters. The minimum absolute atomic E-state index is 0.908. The Hall–Kier alpha value is -3.64. The van der Waals surface area contributed by atoms with E-state index in [2.05, 4.69) is 122 Å². The fraction of sp³-hybridized carbons (Fsp3) is 0.0667. The number of hydrogen-bond donors (Lipinski definition) is 0. The second kappa shape index (κ2) is 8.00. The SMILES string of the molecule is Cc1cccc(Cc2ccccc2-c2cccc3ccccc23)c1-c1ccccc1. The minimum atomic E-state index is 0.908. The number of fused-ring (bicyclic) bond motifs is 1. The maximum absolute atomic E-state index is 2.27. The monoisotopic (exact) mass is 384 g/mol. The molecule has 5 rings (SSSR count). The fourth-order valence-corrected chi connectivity index (χ4v) is 4.50. The fourth-order valence-electron chi connectivity index (χ4n) is 4.50. The lowest BCUT2D eigenvalue weighted by atomic mass is 9.88. The summed E-state index contributed by atoms with van der Waals surface area (Å²) in [6, 6.07) is 41.5. The highest BCUT2D eigenvalue weighted by molar-refractivity contribution is 5.97. The molecular weight excluding hydrogens is 360 g/mol. The second-order valence-electron chi connectivity index (χ2n) is 7.84. The normalized spacial score (nSPS) is 11.0. The number of benzene rings is 5. The molecule has 0 fully saturated rings. The van der Waals surface area contributed by atoms with Crippen LogP contribution in [0.5, 0.6) is 0 Å². The van der Waals surface area contributed by atoms with E-state index < -0.39 is 0 Å². The van der Waals surface area contributed by atoms with Crippen molar-refractivity contribution in [2.45, 2.75) is 13.3 Å². The van der Waals surface area contributed by atoms with Gasteiger partial charge in [-0.2, -0.15) is 0 Å². The average molecular weight is 385 g/mol. The van der Waals surface area contributed by atoms with Crippen molar-refractivity contribution in [3.63, 3.8) is 0 Å². The van der Waals surface area contributed by atoms with Gasteiger partial charge in [0, 0.05) is 0 Å². The Labute approximate surface area is 178 Å². The molecule has 0 N–H and O–H groups in total. The summed E-state index contributed by atoms with van der Waals surface area (Å²) in [5, 5.41) is 2.59. The molecule has 0 saturated heterocycles. The first-order valence-electron chi connectivity index (χ1n) is 10.5. The number of rotatable bonds is 4. The molecular formula is C30H24. The molecule has 0 heterocycles. The largest absolute Gasteiger partial charge is 0.0622 e. The van der Waals surface area contributed by atoms with Crippen molar-refractivity contribution < 1.29 is 0 Å². The van der Waals surface area contributed by atoms with Crippen LogP contribution in [0, 0.1) is 6.92 Å². The highest BCUT2D eigenvalue weighted by atomic mass is 14.2. The number of aryl methyl sites for hydroxylation is 1. The van der Waals surface area contributed by atoms with Gasteiger partial charge in [-0.05, 0) is 63.1 Å². The van der Waals surface area contributed by atoms with Gasteiger partial charge in [0.15, 0.2) is 0 Å². The van der Waals surface area contributed by atoms with Crippen molar-refractivity contribution in [1.82, 2.24) is 0 Å². The molecule has 0 aromatic heterocycles. The van der Waals surface area contributed by atoms with Crippen LogP contribution in [0.25, 0.3) is 33.0 Å². The third-order valence-electron chi connectivity index (χ3n) is 5.90. The van der Waals surface area contributed by atoms with E-state index in [1.165, 1.54) is 49.7 Å². The molecule has 0 saturated carbocycles. The van der Waals surface area contributed by atoms with E-state index in [4.69, 9.17) is 0 Å². The van der Waals surface area contributed by atoms with Crippen LogP contribution in [0.1, 0.15) is 16.7 Å². The van der Waals surface area contributed by atoms with Crippen molar-refractivity contribution in [3.8, 4) is 22.3 Å². The van der Waals surface area contributed by atoms with E-state index in [1.807, 2.05) is 0 Å². The Balaban J connectivity index is 1.65. The Bertz CT molecular complexity index is 1310. The van der Waals surface area contributed by atoms with Gasteiger partial charge in [0.05, 0.1) is 0 Å². The highest BCUT2D eigenvalue weighted by Crippen LogP contribution is 2.34. The van der Waals surface area contributed by atoms with E-state index in [0.29, 0.717) is 0 Å². The molecule has 0 atom stereocenters. The summed E-state index contributed by atoms with van der Waals surface area (Å²) in [7, 11) is 0. The van der Waals surface area contributed by atoms with Crippen LogP contribution < -0.4 is 0 Å². The Morgan fingerprint density at radius 1 is 0.500 bits per heavy atom. The molecule has 5 aromatic rings. The van der Waals surface area contributed by atoms with Gasteiger partial charge >= 0.3 is 0 Å². The molecule has 0 bridgehead atoms. The summed E-state index contributed by atoms with van der Waals surface area (Å²) in [4.78, 5) is 0. The van der Waals surface area contributed by atoms with Gasteiger partial charge in [-0.25, -0.2) is 0 Å². The topological polar surface area (TPSA) is 0 Å². The lowest BCUT2D eigenvalue weighted by Crippen LogP contribution is -1.97. The van der Waals surface area contributed by atoms with Crippen LogP contribution in [-0.4, -0.2) is 0 Å². The summed E-state index contributed by atoms with van der Waals surface area (Å²) in [6.07, 6.45) is 0.908. The van der Waals surface area contributed by atoms with Gasteiger partial charge in [0.25, 0.3) is 0 Å². The molecule has 5 aromatic carbocycles. The van der Waals surface area contributed by atoms with Gasteiger partial charge in [-0.15, -0.1) is 0 Å². The third kappa shape index (κ3) is 3.42. The lowest BCUT2D eigenvalue weighted by molar-refractivity contribution is 1.19. The van der Waals surface area contributed by atoms with Gasteiger partial charge in [-0.3, -0.25) is 0 Å². The molecule has 0 nitrogen and oxygen atoms in total. The predicted octanol–water partition coefficient (Wildman–Crippen LogP) is 8.07. The summed E-state index contributed by atoms with van der Waals surface area (Å²) in [6.45, 7) is 2.21. The maximum Gasteiger partial charge on any atom is -0.00134 e. The smallest absolute Gasteiger partial charge is 0.00134 e. The minimum Gasteiger partial charge on any atom is -0.0622 e. The van der Waals surface area contributed by atoms with Crippen molar-refractivity contribution in [2.75, 3.05) is 0 Å². The molecule has 0 spiro atoms. The van der Waals surface area contributed by atoms with Crippen LogP contribution in [0.15, 0.2) is 115 Å². The molecule has 0 amide bonds. The molecule has 0 aliphatic heterocycles. The van der Waals surface area contributed by atoms with Crippen LogP contribution in [0.4, 0.5) is 0 Å². The zero-order chi connectivity index (χ0) is 20.3. The van der Waals surface area contributed by atoms with E-state index in [0.717, 1.165) is 6.42 Å². The Morgan fingerprint density at radius 3 is 2.03 bits per heavy atom. The van der Waals surface area contributed by atoms with E-state index in [9.17, 15) is 0 Å². The van der Waals surface area contributed by atoms with Crippen molar-refractivity contribution in [2.24, 2.45) is 0 Å². The summed E-state index contributed by atoms with van der Waals surface area (Å²) < 4.78 is 0. The molecule has 0 heteroatoms. The van der Waals surface area contributed by atoms with Crippen LogP contribution >= 0.6 is 0 Å². The quantitative estimate of drug-likeness (QED) is 0.294. The van der Waals surface area contributed by atoms with Crippen LogP contribution in [-0.2, 0) is 6.42 Å². The molecule has 0 aliphatic rings. The van der Waals surface area contributed by atoms with Gasteiger partial charge in [0.2, 0.25) is 0 Å². The van der Waals surface area contributed by atoms with Crippen LogP contribution in [0.3, 0.4) is 0 Å². The maximum atomic E-state index is 2.27. The standard InChI is InChI=1S/C30H24/c1-22-11-9-17-26(30(22)24-13-3-2-4-14-24)21-25-15-6-8-19-28(25)29-20-10-16-23-12-5-7-18-27(23)29/h2-20H,21H2,1H3. The molecule has 30 heavy (non-hydrogen) atoms. The van der Waals surface area contributed by atoms with Gasteiger partial charge in [0.1, 0.15) is 0 Å². The molecule has 144 valence electrons. The summed E-state index contributed by atoms with van der Waals surface area (Å²) in [5.41, 5.74) is 9.30. The van der Waals surface area contributed by atoms with E-state index in [1.54, 1.807) is 0 Å². The first kappa shape index (κ1) is 18.4. The second-order valence-corrected chi connectivity index (χ2v) is 7.84. The lowest BCUT2D eigenvalue weighted by Gasteiger charge is -2.16. The Kier molecular flexibility index (Phi) is 4.91. The van der Waals surface area contributed by atoms with Gasteiger partial charge in [-0.1, -0.05) is 115 Å². The third-order valence-corrected chi connectivity index (χ3v) is 5.90. The van der Waals surface area contributed by atoms with Crippen LogP contribution in [0.2, 0.25) is 0 Å². The Morgan fingerprint density at radius 2 is 1.13 bits per heavy atom. The van der Waals surface area contributed by atoms with Gasteiger partial charge < -0.3 is 0 Å². The van der Waals surface area contributed by atoms with Crippen molar-refractivity contribution in [1.29, 1.82) is 0 Å².